The number of rotatable bonds is 9. The number of amides is 2. The fourth-order valence-electron chi connectivity index (χ4n) is 5.43. The van der Waals surface area contributed by atoms with Crippen molar-refractivity contribution in [2.45, 2.75) is 45.3 Å². The Morgan fingerprint density at radius 2 is 1.95 bits per heavy atom. The van der Waals surface area contributed by atoms with Crippen LogP contribution in [0.25, 0.3) is 0 Å². The van der Waals surface area contributed by atoms with Gasteiger partial charge in [-0.3, -0.25) is 9.59 Å². The number of methoxy groups -OCH3 is 1. The molecule has 2 aliphatic rings. The van der Waals surface area contributed by atoms with Crippen molar-refractivity contribution in [1.29, 1.82) is 0 Å². The monoisotopic (exact) mass is 548 g/mol. The highest BCUT2D eigenvalue weighted by Crippen LogP contribution is 2.34. The largest absolute Gasteiger partial charge is 0.497 e. The van der Waals surface area contributed by atoms with E-state index in [2.05, 4.69) is 24.4 Å². The van der Waals surface area contributed by atoms with Crippen molar-refractivity contribution in [1.82, 2.24) is 9.80 Å². The number of hydrogen-bond donors (Lipinski definition) is 0. The summed E-state index contributed by atoms with van der Waals surface area (Å²) in [5, 5.41) is 2.08. The summed E-state index contributed by atoms with van der Waals surface area (Å²) < 4.78 is 17.4. The molecule has 2 aliphatic heterocycles. The summed E-state index contributed by atoms with van der Waals surface area (Å²) >= 11 is 1.73. The molecule has 0 spiro atoms. The van der Waals surface area contributed by atoms with Gasteiger partial charge in [-0.05, 0) is 86.0 Å². The Morgan fingerprint density at radius 1 is 1.13 bits per heavy atom. The molecule has 5 rings (SSSR count). The molecule has 0 aliphatic carbocycles. The molecule has 2 aromatic carbocycles. The molecule has 0 bridgehead atoms. The normalized spacial score (nSPS) is 18.5. The van der Waals surface area contributed by atoms with Gasteiger partial charge in [-0.1, -0.05) is 17.7 Å². The Balaban J connectivity index is 1.35. The van der Waals surface area contributed by atoms with E-state index in [-0.39, 0.29) is 30.5 Å². The van der Waals surface area contributed by atoms with Crippen molar-refractivity contribution in [2.24, 2.45) is 0 Å². The standard InChI is InChI=1S/C31H36N2O5S/c1-21-6-11-28(22(2)17-21)38-20-27-26-13-16-39-29(26)12-14-33(27)30(34)19-32(18-25-5-4-15-37-25)31(35)23-7-9-24(36-3)10-8-23/h6-11,13,16-17,25,27H,4-5,12,14-15,18-20H2,1-3H3. The van der Waals surface area contributed by atoms with Gasteiger partial charge in [-0.2, -0.15) is 0 Å². The second-order valence-electron chi connectivity index (χ2n) is 10.3. The SMILES string of the molecule is COc1ccc(C(=O)N(CC(=O)N2CCc3sccc3C2COc2ccc(C)cc2C)CC2CCCO2)cc1. The third-order valence-electron chi connectivity index (χ3n) is 7.54. The number of hydrogen-bond acceptors (Lipinski definition) is 6. The summed E-state index contributed by atoms with van der Waals surface area (Å²) in [6, 6.07) is 15.0. The van der Waals surface area contributed by atoms with Crippen molar-refractivity contribution in [3.8, 4) is 11.5 Å². The van der Waals surface area contributed by atoms with Gasteiger partial charge in [0.1, 0.15) is 24.7 Å². The van der Waals surface area contributed by atoms with Gasteiger partial charge in [0.25, 0.3) is 5.91 Å². The molecular formula is C31H36N2O5S. The molecule has 2 atom stereocenters. The van der Waals surface area contributed by atoms with E-state index in [1.54, 1.807) is 47.6 Å². The van der Waals surface area contributed by atoms with Gasteiger partial charge in [0, 0.05) is 30.1 Å². The highest BCUT2D eigenvalue weighted by atomic mass is 32.1. The van der Waals surface area contributed by atoms with Gasteiger partial charge in [-0.15, -0.1) is 11.3 Å². The summed E-state index contributed by atoms with van der Waals surface area (Å²) in [5.74, 6) is 1.24. The van der Waals surface area contributed by atoms with Crippen molar-refractivity contribution >= 4 is 23.2 Å². The zero-order chi connectivity index (χ0) is 27.4. The first-order valence-corrected chi connectivity index (χ1v) is 14.4. The number of nitrogens with zero attached hydrogens (tertiary/aromatic N) is 2. The Kier molecular flexibility index (Phi) is 8.53. The summed E-state index contributed by atoms with van der Waals surface area (Å²) in [5.41, 5.74) is 3.91. The molecule has 2 unspecified atom stereocenters. The van der Waals surface area contributed by atoms with Crippen LogP contribution in [0.15, 0.2) is 53.9 Å². The molecule has 3 heterocycles. The number of aryl methyl sites for hydroxylation is 2. The van der Waals surface area contributed by atoms with Gasteiger partial charge >= 0.3 is 0 Å². The van der Waals surface area contributed by atoms with Crippen LogP contribution in [-0.4, -0.2) is 67.7 Å². The highest BCUT2D eigenvalue weighted by Gasteiger charge is 2.34. The number of thiophene rings is 1. The van der Waals surface area contributed by atoms with Crippen LogP contribution >= 0.6 is 11.3 Å². The van der Waals surface area contributed by atoms with Crippen LogP contribution < -0.4 is 9.47 Å². The van der Waals surface area contributed by atoms with Gasteiger partial charge in [0.05, 0.1) is 19.3 Å². The third-order valence-corrected chi connectivity index (χ3v) is 8.54. The molecule has 39 heavy (non-hydrogen) atoms. The molecular weight excluding hydrogens is 512 g/mol. The summed E-state index contributed by atoms with van der Waals surface area (Å²) in [6.07, 6.45) is 2.59. The topological polar surface area (TPSA) is 68.3 Å². The second-order valence-corrected chi connectivity index (χ2v) is 11.3. The van der Waals surface area contributed by atoms with Gasteiger partial charge in [0.15, 0.2) is 0 Å². The van der Waals surface area contributed by atoms with E-state index in [4.69, 9.17) is 14.2 Å². The van der Waals surface area contributed by atoms with Crippen LogP contribution in [0.1, 0.15) is 50.8 Å². The number of fused-ring (bicyclic) bond motifs is 1. The van der Waals surface area contributed by atoms with Crippen LogP contribution in [0.3, 0.4) is 0 Å². The molecule has 0 radical (unpaired) electrons. The lowest BCUT2D eigenvalue weighted by Crippen LogP contribution is -2.49. The van der Waals surface area contributed by atoms with E-state index in [1.807, 2.05) is 24.0 Å². The minimum absolute atomic E-state index is 0.00967. The fraction of sp³-hybridized carbons (Fsp3) is 0.419. The molecule has 1 aromatic heterocycles. The number of ether oxygens (including phenoxy) is 3. The zero-order valence-corrected chi connectivity index (χ0v) is 23.7. The zero-order valence-electron chi connectivity index (χ0n) is 22.9. The lowest BCUT2D eigenvalue weighted by atomic mass is 10.00. The molecule has 2 amide bonds. The van der Waals surface area contributed by atoms with E-state index in [1.165, 1.54) is 10.4 Å². The summed E-state index contributed by atoms with van der Waals surface area (Å²) in [6.45, 7) is 6.12. The van der Waals surface area contributed by atoms with Crippen molar-refractivity contribution in [2.75, 3.05) is 40.0 Å². The minimum atomic E-state index is -0.214. The van der Waals surface area contributed by atoms with Crippen LogP contribution in [-0.2, 0) is 16.0 Å². The highest BCUT2D eigenvalue weighted by molar-refractivity contribution is 7.10. The molecule has 7 nitrogen and oxygen atoms in total. The first-order chi connectivity index (χ1) is 18.9. The van der Waals surface area contributed by atoms with E-state index >= 15 is 0 Å². The number of carbonyl (C=O) groups excluding carboxylic acids is 2. The number of benzene rings is 2. The fourth-order valence-corrected chi connectivity index (χ4v) is 6.36. The van der Waals surface area contributed by atoms with E-state index in [9.17, 15) is 9.59 Å². The van der Waals surface area contributed by atoms with E-state index in [0.29, 0.717) is 37.6 Å². The molecule has 3 aromatic rings. The quantitative estimate of drug-likeness (QED) is 0.368. The molecule has 1 saturated heterocycles. The molecule has 1 fully saturated rings. The first kappa shape index (κ1) is 27.2. The molecule has 8 heteroatoms. The smallest absolute Gasteiger partial charge is 0.254 e. The lowest BCUT2D eigenvalue weighted by Gasteiger charge is -2.37. The Labute approximate surface area is 234 Å². The van der Waals surface area contributed by atoms with Crippen molar-refractivity contribution < 1.29 is 23.8 Å². The minimum Gasteiger partial charge on any atom is -0.497 e. The van der Waals surface area contributed by atoms with Crippen LogP contribution in [0.5, 0.6) is 11.5 Å². The maximum Gasteiger partial charge on any atom is 0.254 e. The Hall–Kier alpha value is -3.36. The maximum atomic E-state index is 13.9. The second kappa shape index (κ2) is 12.2. The third kappa shape index (κ3) is 6.28. The first-order valence-electron chi connectivity index (χ1n) is 13.5. The Morgan fingerprint density at radius 3 is 2.67 bits per heavy atom. The molecule has 0 N–H and O–H groups in total. The Bertz CT molecular complexity index is 1300. The van der Waals surface area contributed by atoms with Crippen LogP contribution in [0.2, 0.25) is 0 Å². The van der Waals surface area contributed by atoms with E-state index < -0.39 is 0 Å². The summed E-state index contributed by atoms with van der Waals surface area (Å²) in [7, 11) is 1.59. The predicted octanol–water partition coefficient (Wildman–Crippen LogP) is 5.20. The maximum absolute atomic E-state index is 13.9. The lowest BCUT2D eigenvalue weighted by molar-refractivity contribution is -0.135. The van der Waals surface area contributed by atoms with Crippen molar-refractivity contribution in [3.05, 3.63) is 81.0 Å². The van der Waals surface area contributed by atoms with Crippen molar-refractivity contribution in [3.63, 3.8) is 0 Å². The van der Waals surface area contributed by atoms with Gasteiger partial charge in [0.2, 0.25) is 5.91 Å². The summed E-state index contributed by atoms with van der Waals surface area (Å²) in [4.78, 5) is 32.3. The van der Waals surface area contributed by atoms with Gasteiger partial charge in [-0.25, -0.2) is 0 Å². The van der Waals surface area contributed by atoms with Crippen LogP contribution in [0.4, 0.5) is 0 Å². The predicted molar refractivity (Wildman–Crippen MR) is 152 cm³/mol. The molecule has 206 valence electrons. The van der Waals surface area contributed by atoms with E-state index in [0.717, 1.165) is 36.1 Å². The van der Waals surface area contributed by atoms with Crippen LogP contribution in [0, 0.1) is 13.8 Å². The molecule has 0 saturated carbocycles. The number of carbonyl (C=O) groups is 2. The average Bonchev–Trinajstić information content (AvgIpc) is 3.64. The average molecular weight is 549 g/mol. The van der Waals surface area contributed by atoms with Gasteiger partial charge < -0.3 is 24.0 Å².